The van der Waals surface area contributed by atoms with Gasteiger partial charge in [0, 0.05) is 27.2 Å². The number of aromatic nitrogens is 1. The number of halogens is 1. The molecule has 0 fully saturated rings. The summed E-state index contributed by atoms with van der Waals surface area (Å²) < 4.78 is 3.03. The number of nitriles is 1. The number of nitrogens with zero attached hydrogens (tertiary/aromatic N) is 2. The van der Waals surface area contributed by atoms with Crippen LogP contribution in [0.4, 0.5) is 5.69 Å². The van der Waals surface area contributed by atoms with Crippen LogP contribution in [0.3, 0.4) is 0 Å². The normalized spacial score (nSPS) is 11.1. The number of anilines is 1. The summed E-state index contributed by atoms with van der Waals surface area (Å²) in [6.07, 6.45) is 1.55. The van der Waals surface area contributed by atoms with Gasteiger partial charge in [0.2, 0.25) is 0 Å². The number of carboxylic acids is 1. The fourth-order valence-corrected chi connectivity index (χ4v) is 3.38. The van der Waals surface area contributed by atoms with Gasteiger partial charge in [0.05, 0.1) is 5.56 Å². The van der Waals surface area contributed by atoms with Crippen LogP contribution in [0, 0.1) is 25.2 Å². The Morgan fingerprint density at radius 2 is 1.73 bits per heavy atom. The number of hydrogen-bond acceptors (Lipinski definition) is 3. The first-order valence-electron chi connectivity index (χ1n) is 9.01. The van der Waals surface area contributed by atoms with Crippen molar-refractivity contribution in [2.24, 2.45) is 0 Å². The first kappa shape index (κ1) is 21.1. The molecule has 3 aromatic rings. The summed E-state index contributed by atoms with van der Waals surface area (Å²) >= 11 is 3.43. The molecule has 7 heteroatoms. The van der Waals surface area contributed by atoms with Gasteiger partial charge in [-0.15, -0.1) is 0 Å². The maximum absolute atomic E-state index is 12.5. The van der Waals surface area contributed by atoms with Gasteiger partial charge >= 0.3 is 5.97 Å². The highest BCUT2D eigenvalue weighted by atomic mass is 79.9. The van der Waals surface area contributed by atoms with Crippen molar-refractivity contribution in [1.29, 1.82) is 5.26 Å². The second-order valence-electron chi connectivity index (χ2n) is 6.64. The Bertz CT molecular complexity index is 1180. The number of rotatable bonds is 5. The molecule has 0 radical (unpaired) electrons. The van der Waals surface area contributed by atoms with Crippen LogP contribution in [-0.4, -0.2) is 21.6 Å². The summed E-state index contributed by atoms with van der Waals surface area (Å²) in [6, 6.07) is 17.5. The van der Waals surface area contributed by atoms with Crippen molar-refractivity contribution in [3.8, 4) is 11.8 Å². The summed E-state index contributed by atoms with van der Waals surface area (Å²) in [5, 5.41) is 21.1. The molecule has 2 N–H and O–H groups in total. The monoisotopic (exact) mass is 463 g/mol. The number of amides is 1. The molecule has 0 saturated carbocycles. The largest absolute Gasteiger partial charge is 0.478 e. The van der Waals surface area contributed by atoms with E-state index in [0.717, 1.165) is 27.1 Å². The summed E-state index contributed by atoms with van der Waals surface area (Å²) in [5.41, 5.74) is 4.10. The predicted octanol–water partition coefficient (Wildman–Crippen LogP) is 5.10. The summed E-state index contributed by atoms with van der Waals surface area (Å²) in [5.74, 6) is -1.61. The smallest absolute Gasteiger partial charge is 0.335 e. The molecular weight excluding hydrogens is 446 g/mol. The average molecular weight is 464 g/mol. The molecule has 150 valence electrons. The van der Waals surface area contributed by atoms with Crippen molar-refractivity contribution in [2.75, 3.05) is 5.32 Å². The van der Waals surface area contributed by atoms with Gasteiger partial charge < -0.3 is 15.0 Å². The minimum Gasteiger partial charge on any atom is -0.478 e. The van der Waals surface area contributed by atoms with Crippen molar-refractivity contribution in [2.45, 2.75) is 13.8 Å². The van der Waals surface area contributed by atoms with E-state index in [2.05, 4.69) is 25.8 Å². The van der Waals surface area contributed by atoms with E-state index in [9.17, 15) is 14.9 Å². The Morgan fingerprint density at radius 1 is 1.10 bits per heavy atom. The van der Waals surface area contributed by atoms with Crippen LogP contribution < -0.4 is 5.32 Å². The Balaban J connectivity index is 1.88. The zero-order chi connectivity index (χ0) is 21.8. The molecule has 0 atom stereocenters. The quantitative estimate of drug-likeness (QED) is 0.406. The first-order chi connectivity index (χ1) is 14.3. The maximum atomic E-state index is 12.5. The molecule has 1 amide bonds. The van der Waals surface area contributed by atoms with Gasteiger partial charge in [0.25, 0.3) is 5.91 Å². The fourth-order valence-electron chi connectivity index (χ4n) is 3.12. The van der Waals surface area contributed by atoms with E-state index in [1.807, 2.05) is 50.2 Å². The molecule has 0 aliphatic carbocycles. The van der Waals surface area contributed by atoms with Crippen LogP contribution in [0.2, 0.25) is 0 Å². The number of nitrogens with one attached hydrogen (secondary N) is 1. The summed E-state index contributed by atoms with van der Waals surface area (Å²) in [6.45, 7) is 3.89. The van der Waals surface area contributed by atoms with E-state index < -0.39 is 11.9 Å². The highest BCUT2D eigenvalue weighted by molar-refractivity contribution is 9.10. The fraction of sp³-hybridized carbons (Fsp3) is 0.0870. The zero-order valence-electron chi connectivity index (χ0n) is 16.3. The number of carbonyl (C=O) groups is 2. The van der Waals surface area contributed by atoms with Crippen molar-refractivity contribution >= 4 is 39.6 Å². The molecule has 3 rings (SSSR count). The van der Waals surface area contributed by atoms with Crippen LogP contribution in [-0.2, 0) is 4.79 Å². The molecule has 0 aliphatic heterocycles. The molecule has 6 nitrogen and oxygen atoms in total. The molecule has 0 saturated heterocycles. The molecule has 30 heavy (non-hydrogen) atoms. The molecular formula is C23H18BrN3O3. The van der Waals surface area contributed by atoms with Gasteiger partial charge in [-0.3, -0.25) is 4.79 Å². The van der Waals surface area contributed by atoms with Gasteiger partial charge in [-0.05, 0) is 80.1 Å². The molecule has 0 bridgehead atoms. The predicted molar refractivity (Wildman–Crippen MR) is 119 cm³/mol. The standard InChI is InChI=1S/C23H18BrN3O3/c1-14-11-17(15(2)27(14)21-9-5-19(24)6-10-21)12-18(13-25)22(28)26-20-7-3-16(4-8-20)23(29)30/h3-12H,1-2H3,(H,26,28)(H,29,30)/b18-12+. The Kier molecular flexibility index (Phi) is 6.19. The highest BCUT2D eigenvalue weighted by Gasteiger charge is 2.14. The number of benzene rings is 2. The lowest BCUT2D eigenvalue weighted by atomic mass is 10.1. The third-order valence-corrected chi connectivity index (χ3v) is 5.14. The van der Waals surface area contributed by atoms with Crippen LogP contribution in [0.1, 0.15) is 27.3 Å². The highest BCUT2D eigenvalue weighted by Crippen LogP contribution is 2.24. The van der Waals surface area contributed by atoms with Crippen LogP contribution >= 0.6 is 15.9 Å². The molecule has 1 heterocycles. The number of aromatic carboxylic acids is 1. The number of aryl methyl sites for hydroxylation is 1. The third-order valence-electron chi connectivity index (χ3n) is 4.61. The van der Waals surface area contributed by atoms with Crippen molar-refractivity contribution in [1.82, 2.24) is 4.57 Å². The lowest BCUT2D eigenvalue weighted by molar-refractivity contribution is -0.112. The minimum absolute atomic E-state index is 0.0478. The SMILES string of the molecule is Cc1cc(/C=C(\C#N)C(=O)Nc2ccc(C(=O)O)cc2)c(C)n1-c1ccc(Br)cc1. The summed E-state index contributed by atoms with van der Waals surface area (Å²) in [4.78, 5) is 23.5. The Morgan fingerprint density at radius 3 is 2.30 bits per heavy atom. The minimum atomic E-state index is -1.05. The Hall–Kier alpha value is -3.63. The van der Waals surface area contributed by atoms with Crippen molar-refractivity contribution in [3.63, 3.8) is 0 Å². The lowest BCUT2D eigenvalue weighted by Gasteiger charge is -2.10. The van der Waals surface area contributed by atoms with Crippen LogP contribution in [0.15, 0.2) is 64.6 Å². The molecule has 1 aromatic heterocycles. The van der Waals surface area contributed by atoms with E-state index in [4.69, 9.17) is 5.11 Å². The number of carboxylic acid groups (broad SMARTS) is 1. The second kappa shape index (κ2) is 8.80. The summed E-state index contributed by atoms with van der Waals surface area (Å²) in [7, 11) is 0. The molecule has 0 unspecified atom stereocenters. The van der Waals surface area contributed by atoms with Gasteiger partial charge in [-0.25, -0.2) is 4.79 Å². The average Bonchev–Trinajstić information content (AvgIpc) is 3.00. The number of carbonyl (C=O) groups excluding carboxylic acids is 1. The van der Waals surface area contributed by atoms with Gasteiger partial charge in [-0.1, -0.05) is 15.9 Å². The Labute approximate surface area is 182 Å². The van der Waals surface area contributed by atoms with E-state index in [0.29, 0.717) is 5.69 Å². The van der Waals surface area contributed by atoms with Gasteiger partial charge in [0.15, 0.2) is 0 Å². The van der Waals surface area contributed by atoms with Gasteiger partial charge in [0.1, 0.15) is 11.6 Å². The second-order valence-corrected chi connectivity index (χ2v) is 7.56. The maximum Gasteiger partial charge on any atom is 0.335 e. The zero-order valence-corrected chi connectivity index (χ0v) is 17.9. The topological polar surface area (TPSA) is 95.1 Å². The molecule has 0 aliphatic rings. The van der Waals surface area contributed by atoms with E-state index >= 15 is 0 Å². The van der Waals surface area contributed by atoms with Crippen LogP contribution in [0.5, 0.6) is 0 Å². The third kappa shape index (κ3) is 4.50. The van der Waals surface area contributed by atoms with Gasteiger partial charge in [-0.2, -0.15) is 5.26 Å². The van der Waals surface area contributed by atoms with Crippen molar-refractivity contribution < 1.29 is 14.7 Å². The van der Waals surface area contributed by atoms with E-state index in [1.165, 1.54) is 24.3 Å². The lowest BCUT2D eigenvalue weighted by Crippen LogP contribution is -2.13. The molecule has 0 spiro atoms. The molecule has 2 aromatic carbocycles. The number of hydrogen-bond donors (Lipinski definition) is 2. The van der Waals surface area contributed by atoms with E-state index in [-0.39, 0.29) is 11.1 Å². The van der Waals surface area contributed by atoms with E-state index in [1.54, 1.807) is 6.08 Å². The first-order valence-corrected chi connectivity index (χ1v) is 9.81. The van der Waals surface area contributed by atoms with Crippen LogP contribution in [0.25, 0.3) is 11.8 Å². The van der Waals surface area contributed by atoms with Crippen molar-refractivity contribution in [3.05, 3.63) is 87.2 Å².